The molecule has 1 unspecified atom stereocenters. The van der Waals surface area contributed by atoms with Gasteiger partial charge in [0.05, 0.1) is 0 Å². The summed E-state index contributed by atoms with van der Waals surface area (Å²) >= 11 is 0. The van der Waals surface area contributed by atoms with Crippen molar-refractivity contribution in [2.75, 3.05) is 6.54 Å². The Morgan fingerprint density at radius 1 is 1.50 bits per heavy atom. The highest BCUT2D eigenvalue weighted by Crippen LogP contribution is 2.31. The zero-order chi connectivity index (χ0) is 16.3. The van der Waals surface area contributed by atoms with Crippen molar-refractivity contribution in [1.82, 2.24) is 10.3 Å². The molecular weight excluding hydrogens is 280 g/mol. The molecule has 1 aliphatic rings. The number of hydrogen-bond acceptors (Lipinski definition) is 4. The van der Waals surface area contributed by atoms with Gasteiger partial charge in [-0.2, -0.15) is 5.26 Å². The molecule has 0 aromatic carbocycles. The second-order valence-electron chi connectivity index (χ2n) is 5.97. The Labute approximate surface area is 129 Å². The maximum absolute atomic E-state index is 11.9. The van der Waals surface area contributed by atoms with Gasteiger partial charge in [-0.3, -0.25) is 9.59 Å². The molecule has 6 nitrogen and oxygen atoms in total. The molecule has 0 saturated heterocycles. The summed E-state index contributed by atoms with van der Waals surface area (Å²) in [5.74, 6) is 0.502. The Morgan fingerprint density at radius 3 is 2.77 bits per heavy atom. The summed E-state index contributed by atoms with van der Waals surface area (Å²) in [5.41, 5.74) is 7.92. The second-order valence-corrected chi connectivity index (χ2v) is 5.97. The van der Waals surface area contributed by atoms with Gasteiger partial charge < -0.3 is 16.0 Å². The lowest BCUT2D eigenvalue weighted by atomic mass is 9.99. The first-order valence-electron chi connectivity index (χ1n) is 7.58. The minimum atomic E-state index is -0.374. The molecule has 1 amide bonds. The van der Waals surface area contributed by atoms with Crippen LogP contribution in [0.4, 0.5) is 0 Å². The van der Waals surface area contributed by atoms with E-state index in [9.17, 15) is 9.59 Å². The molecule has 4 N–H and O–H groups in total. The first-order chi connectivity index (χ1) is 10.4. The topological polar surface area (TPSA) is 112 Å². The Balaban J connectivity index is 1.95. The monoisotopic (exact) mass is 302 g/mol. The lowest BCUT2D eigenvalue weighted by molar-refractivity contribution is -0.121. The highest BCUT2D eigenvalue weighted by molar-refractivity contribution is 5.76. The molecule has 1 aliphatic carbocycles. The lowest BCUT2D eigenvalue weighted by Crippen LogP contribution is -2.38. The van der Waals surface area contributed by atoms with Gasteiger partial charge >= 0.3 is 0 Å². The number of aromatic nitrogens is 1. The largest absolute Gasteiger partial charge is 0.355 e. The standard InChI is InChI=1S/C16H22N4O2/c1-9-12(10(2)20-16(22)13(9)7-17)5-6-15(21)19-8-14(18)11-3-4-11/h11,14H,3-6,8,18H2,1-2H3,(H,19,21)(H,20,22). The van der Waals surface area contributed by atoms with Crippen LogP contribution < -0.4 is 16.6 Å². The van der Waals surface area contributed by atoms with Crippen LogP contribution in [-0.4, -0.2) is 23.5 Å². The molecular formula is C16H22N4O2. The Bertz CT molecular complexity index is 668. The Morgan fingerprint density at radius 2 is 2.18 bits per heavy atom. The molecule has 0 spiro atoms. The number of aryl methyl sites for hydroxylation is 1. The quantitative estimate of drug-likeness (QED) is 0.716. The maximum Gasteiger partial charge on any atom is 0.266 e. The van der Waals surface area contributed by atoms with Crippen LogP contribution in [0.15, 0.2) is 4.79 Å². The van der Waals surface area contributed by atoms with Gasteiger partial charge in [0, 0.05) is 24.7 Å². The molecule has 0 radical (unpaired) electrons. The molecule has 6 heteroatoms. The van der Waals surface area contributed by atoms with Crippen molar-refractivity contribution in [2.45, 2.75) is 45.6 Å². The lowest BCUT2D eigenvalue weighted by Gasteiger charge is -2.13. The molecule has 1 heterocycles. The maximum atomic E-state index is 11.9. The number of nitriles is 1. The van der Waals surface area contributed by atoms with Crippen LogP contribution in [0.25, 0.3) is 0 Å². The van der Waals surface area contributed by atoms with E-state index < -0.39 is 0 Å². The zero-order valence-electron chi connectivity index (χ0n) is 13.0. The van der Waals surface area contributed by atoms with Crippen LogP contribution in [0, 0.1) is 31.1 Å². The SMILES string of the molecule is Cc1[nH]c(=O)c(C#N)c(C)c1CCC(=O)NCC(N)C1CC1. The van der Waals surface area contributed by atoms with Crippen LogP contribution >= 0.6 is 0 Å². The number of nitrogens with one attached hydrogen (secondary N) is 2. The van der Waals surface area contributed by atoms with Gasteiger partial charge in [0.2, 0.25) is 5.91 Å². The van der Waals surface area contributed by atoms with Crippen LogP contribution in [0.5, 0.6) is 0 Å². The number of amides is 1. The fraction of sp³-hybridized carbons (Fsp3) is 0.562. The third-order valence-electron chi connectivity index (χ3n) is 4.28. The number of pyridine rings is 1. The van der Waals surface area contributed by atoms with Crippen LogP contribution in [-0.2, 0) is 11.2 Å². The molecule has 1 saturated carbocycles. The van der Waals surface area contributed by atoms with Gasteiger partial charge in [0.15, 0.2) is 0 Å². The van der Waals surface area contributed by atoms with E-state index in [1.807, 2.05) is 6.07 Å². The van der Waals surface area contributed by atoms with E-state index in [0.717, 1.165) is 18.4 Å². The van der Waals surface area contributed by atoms with Crippen molar-refractivity contribution in [2.24, 2.45) is 11.7 Å². The summed E-state index contributed by atoms with van der Waals surface area (Å²) in [7, 11) is 0. The minimum Gasteiger partial charge on any atom is -0.355 e. The van der Waals surface area contributed by atoms with E-state index in [1.165, 1.54) is 0 Å². The first kappa shape index (κ1) is 16.2. The molecule has 22 heavy (non-hydrogen) atoms. The average Bonchev–Trinajstić information content (AvgIpc) is 3.29. The summed E-state index contributed by atoms with van der Waals surface area (Å²) in [6, 6.07) is 1.96. The average molecular weight is 302 g/mol. The number of H-pyrrole nitrogens is 1. The third-order valence-corrected chi connectivity index (χ3v) is 4.28. The smallest absolute Gasteiger partial charge is 0.266 e. The molecule has 1 fully saturated rings. The first-order valence-corrected chi connectivity index (χ1v) is 7.58. The minimum absolute atomic E-state index is 0.0469. The predicted molar refractivity (Wildman–Crippen MR) is 83.3 cm³/mol. The number of nitrogens with two attached hydrogens (primary N) is 1. The summed E-state index contributed by atoms with van der Waals surface area (Å²) in [6.45, 7) is 4.04. The van der Waals surface area contributed by atoms with Gasteiger partial charge in [-0.25, -0.2) is 0 Å². The van der Waals surface area contributed by atoms with E-state index >= 15 is 0 Å². The van der Waals surface area contributed by atoms with Crippen molar-refractivity contribution in [1.29, 1.82) is 5.26 Å². The van der Waals surface area contributed by atoms with E-state index in [4.69, 9.17) is 11.0 Å². The van der Waals surface area contributed by atoms with Crippen molar-refractivity contribution in [3.63, 3.8) is 0 Å². The van der Waals surface area contributed by atoms with Gasteiger partial charge in [-0.15, -0.1) is 0 Å². The number of hydrogen-bond donors (Lipinski definition) is 3. The molecule has 1 aromatic heterocycles. The van der Waals surface area contributed by atoms with Gasteiger partial charge in [0.1, 0.15) is 11.6 Å². The highest BCUT2D eigenvalue weighted by atomic mass is 16.1. The van der Waals surface area contributed by atoms with E-state index in [0.29, 0.717) is 36.6 Å². The Kier molecular flexibility index (Phi) is 4.99. The van der Waals surface area contributed by atoms with Crippen molar-refractivity contribution in [3.05, 3.63) is 32.7 Å². The predicted octanol–water partition coefficient (Wildman–Crippen LogP) is 0.650. The fourth-order valence-corrected chi connectivity index (χ4v) is 2.67. The van der Waals surface area contributed by atoms with E-state index in [2.05, 4.69) is 10.3 Å². The number of carbonyl (C=O) groups excluding carboxylic acids is 1. The summed E-state index contributed by atoms with van der Waals surface area (Å²) in [6.07, 6.45) is 3.12. The molecule has 0 aliphatic heterocycles. The van der Waals surface area contributed by atoms with Crippen LogP contribution in [0.1, 0.15) is 41.6 Å². The molecule has 118 valence electrons. The fourth-order valence-electron chi connectivity index (χ4n) is 2.67. The van der Waals surface area contributed by atoms with Gasteiger partial charge in [-0.1, -0.05) is 0 Å². The third kappa shape index (κ3) is 3.74. The number of carbonyl (C=O) groups is 1. The zero-order valence-corrected chi connectivity index (χ0v) is 13.0. The highest BCUT2D eigenvalue weighted by Gasteiger charge is 2.28. The van der Waals surface area contributed by atoms with Crippen molar-refractivity contribution >= 4 is 5.91 Å². The van der Waals surface area contributed by atoms with Gasteiger partial charge in [0.25, 0.3) is 5.56 Å². The summed E-state index contributed by atoms with van der Waals surface area (Å²) in [5, 5.41) is 11.9. The van der Waals surface area contributed by atoms with E-state index in [-0.39, 0.29) is 23.1 Å². The summed E-state index contributed by atoms with van der Waals surface area (Å²) in [4.78, 5) is 26.2. The second kappa shape index (κ2) is 6.75. The molecule has 1 aromatic rings. The van der Waals surface area contributed by atoms with Crippen molar-refractivity contribution in [3.8, 4) is 6.07 Å². The normalized spacial score (nSPS) is 15.2. The molecule has 2 rings (SSSR count). The van der Waals surface area contributed by atoms with Crippen LogP contribution in [0.3, 0.4) is 0 Å². The number of rotatable bonds is 6. The summed E-state index contributed by atoms with van der Waals surface area (Å²) < 4.78 is 0. The number of nitrogens with zero attached hydrogens (tertiary/aromatic N) is 1. The van der Waals surface area contributed by atoms with E-state index in [1.54, 1.807) is 13.8 Å². The number of aromatic amines is 1. The molecule has 1 atom stereocenters. The van der Waals surface area contributed by atoms with Crippen molar-refractivity contribution < 1.29 is 4.79 Å². The van der Waals surface area contributed by atoms with Crippen LogP contribution in [0.2, 0.25) is 0 Å². The van der Waals surface area contributed by atoms with Gasteiger partial charge in [-0.05, 0) is 50.2 Å². The Hall–Kier alpha value is -2.13. The molecule has 0 bridgehead atoms.